The molecule has 2 rings (SSSR count). The van der Waals surface area contributed by atoms with Crippen molar-refractivity contribution in [1.29, 1.82) is 5.26 Å². The predicted octanol–water partition coefficient (Wildman–Crippen LogP) is 2.04. The molecule has 0 atom stereocenters. The molecule has 0 unspecified atom stereocenters. The van der Waals surface area contributed by atoms with Crippen molar-refractivity contribution in [1.82, 2.24) is 9.78 Å². The number of aromatic nitrogens is 2. The maximum Gasteiger partial charge on any atom is 0.148 e. The Hall–Kier alpha value is -2.35. The van der Waals surface area contributed by atoms with E-state index in [4.69, 9.17) is 5.26 Å². The lowest BCUT2D eigenvalue weighted by Crippen LogP contribution is -2.03. The second-order valence-corrected chi connectivity index (χ2v) is 3.64. The highest BCUT2D eigenvalue weighted by molar-refractivity contribution is 5.41. The maximum atomic E-state index is 13.1. The Morgan fingerprint density at radius 3 is 2.94 bits per heavy atom. The van der Waals surface area contributed by atoms with Gasteiger partial charge in [0.25, 0.3) is 0 Å². The monoisotopic (exact) mass is 230 g/mol. The van der Waals surface area contributed by atoms with Crippen molar-refractivity contribution in [3.8, 4) is 6.07 Å². The van der Waals surface area contributed by atoms with Crippen molar-refractivity contribution < 1.29 is 4.39 Å². The average molecular weight is 230 g/mol. The zero-order chi connectivity index (χ0) is 12.3. The molecule has 5 heteroatoms. The third kappa shape index (κ3) is 2.61. The zero-order valence-corrected chi connectivity index (χ0v) is 9.31. The van der Waals surface area contributed by atoms with Crippen molar-refractivity contribution in [2.24, 2.45) is 7.05 Å². The van der Waals surface area contributed by atoms with E-state index in [1.807, 2.05) is 19.2 Å². The van der Waals surface area contributed by atoms with Gasteiger partial charge in [0.2, 0.25) is 0 Å². The van der Waals surface area contributed by atoms with E-state index < -0.39 is 0 Å². The molecule has 4 nitrogen and oxygen atoms in total. The summed E-state index contributed by atoms with van der Waals surface area (Å²) in [4.78, 5) is 0. The van der Waals surface area contributed by atoms with Crippen LogP contribution in [0.15, 0.2) is 30.5 Å². The van der Waals surface area contributed by atoms with Crippen LogP contribution in [0.4, 0.5) is 10.2 Å². The molecule has 86 valence electrons. The van der Waals surface area contributed by atoms with Crippen LogP contribution in [0.3, 0.4) is 0 Å². The summed E-state index contributed by atoms with van der Waals surface area (Å²) in [6.45, 7) is 0.373. The topological polar surface area (TPSA) is 53.6 Å². The number of nitrogens with zero attached hydrogens (tertiary/aromatic N) is 3. The SMILES string of the molecule is Cn1ccc(NCc2cc(F)ccc2C#N)n1. The summed E-state index contributed by atoms with van der Waals surface area (Å²) in [6, 6.07) is 7.96. The lowest BCUT2D eigenvalue weighted by atomic mass is 10.1. The van der Waals surface area contributed by atoms with Gasteiger partial charge in [-0.1, -0.05) is 0 Å². The average Bonchev–Trinajstić information content (AvgIpc) is 2.73. The molecule has 0 aliphatic rings. The Morgan fingerprint density at radius 2 is 2.29 bits per heavy atom. The summed E-state index contributed by atoms with van der Waals surface area (Å²) in [5.74, 6) is 0.350. The van der Waals surface area contributed by atoms with Crippen molar-refractivity contribution in [2.75, 3.05) is 5.32 Å². The van der Waals surface area contributed by atoms with E-state index in [-0.39, 0.29) is 5.82 Å². The molecule has 0 bridgehead atoms. The van der Waals surface area contributed by atoms with Gasteiger partial charge in [-0.15, -0.1) is 0 Å². The van der Waals surface area contributed by atoms with Crippen molar-refractivity contribution >= 4 is 5.82 Å². The summed E-state index contributed by atoms with van der Waals surface area (Å²) in [6.07, 6.45) is 1.80. The summed E-state index contributed by atoms with van der Waals surface area (Å²) in [5.41, 5.74) is 1.09. The van der Waals surface area contributed by atoms with Crippen molar-refractivity contribution in [3.63, 3.8) is 0 Å². The second-order valence-electron chi connectivity index (χ2n) is 3.64. The minimum atomic E-state index is -0.346. The number of nitriles is 1. The molecule has 0 spiro atoms. The molecule has 2 aromatic rings. The van der Waals surface area contributed by atoms with Gasteiger partial charge in [0.15, 0.2) is 0 Å². The Balaban J connectivity index is 2.13. The number of halogens is 1. The molecule has 0 radical (unpaired) electrons. The molecule has 1 aromatic heterocycles. The van der Waals surface area contributed by atoms with E-state index in [9.17, 15) is 4.39 Å². The molecule has 1 heterocycles. The standard InChI is InChI=1S/C12H11FN4/c1-17-5-4-12(16-17)15-8-10-6-11(13)3-2-9(10)7-14/h2-6H,8H2,1H3,(H,15,16). The van der Waals surface area contributed by atoms with Crippen LogP contribution in [0.1, 0.15) is 11.1 Å². The van der Waals surface area contributed by atoms with E-state index in [1.165, 1.54) is 18.2 Å². The fourth-order valence-electron chi connectivity index (χ4n) is 1.51. The summed E-state index contributed by atoms with van der Waals surface area (Å²) < 4.78 is 14.7. The smallest absolute Gasteiger partial charge is 0.148 e. The van der Waals surface area contributed by atoms with Gasteiger partial charge in [0.1, 0.15) is 11.6 Å². The molecular weight excluding hydrogens is 219 g/mol. The molecular formula is C12H11FN4. The zero-order valence-electron chi connectivity index (χ0n) is 9.31. The number of nitrogens with one attached hydrogen (secondary N) is 1. The number of aryl methyl sites for hydroxylation is 1. The third-order valence-electron chi connectivity index (χ3n) is 2.36. The van der Waals surface area contributed by atoms with E-state index in [1.54, 1.807) is 10.9 Å². The molecule has 0 saturated carbocycles. The van der Waals surface area contributed by atoms with Gasteiger partial charge in [0.05, 0.1) is 11.6 Å². The fraction of sp³-hybridized carbons (Fsp3) is 0.167. The van der Waals surface area contributed by atoms with Crippen LogP contribution in [0, 0.1) is 17.1 Å². The maximum absolute atomic E-state index is 13.1. The first-order valence-corrected chi connectivity index (χ1v) is 5.11. The van der Waals surface area contributed by atoms with Gasteiger partial charge < -0.3 is 5.32 Å². The van der Waals surface area contributed by atoms with Crippen LogP contribution in [-0.4, -0.2) is 9.78 Å². The minimum Gasteiger partial charge on any atom is -0.364 e. The molecule has 1 N–H and O–H groups in total. The Labute approximate surface area is 98.3 Å². The first kappa shape index (κ1) is 11.1. The number of anilines is 1. The van der Waals surface area contributed by atoms with Crippen LogP contribution in [0.25, 0.3) is 0 Å². The Bertz CT molecular complexity index is 568. The largest absolute Gasteiger partial charge is 0.364 e. The van der Waals surface area contributed by atoms with E-state index in [2.05, 4.69) is 10.4 Å². The van der Waals surface area contributed by atoms with E-state index in [0.29, 0.717) is 23.5 Å². The van der Waals surface area contributed by atoms with Crippen molar-refractivity contribution in [2.45, 2.75) is 6.54 Å². The van der Waals surface area contributed by atoms with Gasteiger partial charge in [-0.25, -0.2) is 4.39 Å². The number of benzene rings is 1. The Morgan fingerprint density at radius 1 is 1.47 bits per heavy atom. The highest BCUT2D eigenvalue weighted by Gasteiger charge is 2.04. The number of rotatable bonds is 3. The highest BCUT2D eigenvalue weighted by Crippen LogP contribution is 2.12. The van der Waals surface area contributed by atoms with Gasteiger partial charge in [0, 0.05) is 25.9 Å². The lowest BCUT2D eigenvalue weighted by molar-refractivity contribution is 0.625. The molecule has 0 saturated heterocycles. The molecule has 1 aromatic carbocycles. The first-order valence-electron chi connectivity index (χ1n) is 5.11. The molecule has 0 fully saturated rings. The van der Waals surface area contributed by atoms with Gasteiger partial charge >= 0.3 is 0 Å². The molecule has 0 aliphatic carbocycles. The van der Waals surface area contributed by atoms with Crippen LogP contribution in [0.2, 0.25) is 0 Å². The van der Waals surface area contributed by atoms with E-state index in [0.717, 1.165) is 0 Å². The predicted molar refractivity (Wildman–Crippen MR) is 61.6 cm³/mol. The van der Waals surface area contributed by atoms with Crippen LogP contribution >= 0.6 is 0 Å². The highest BCUT2D eigenvalue weighted by atomic mass is 19.1. The summed E-state index contributed by atoms with van der Waals surface area (Å²) in [5, 5.41) is 16.1. The third-order valence-corrected chi connectivity index (χ3v) is 2.36. The van der Waals surface area contributed by atoms with Crippen molar-refractivity contribution in [3.05, 3.63) is 47.4 Å². The number of hydrogen-bond donors (Lipinski definition) is 1. The van der Waals surface area contributed by atoms with Crippen LogP contribution in [0.5, 0.6) is 0 Å². The first-order chi connectivity index (χ1) is 8.19. The van der Waals surface area contributed by atoms with Gasteiger partial charge in [-0.05, 0) is 23.8 Å². The summed E-state index contributed by atoms with van der Waals surface area (Å²) >= 11 is 0. The van der Waals surface area contributed by atoms with Crippen LogP contribution in [-0.2, 0) is 13.6 Å². The minimum absolute atomic E-state index is 0.346. The quantitative estimate of drug-likeness (QED) is 0.877. The van der Waals surface area contributed by atoms with Gasteiger partial charge in [-0.2, -0.15) is 10.4 Å². The lowest BCUT2D eigenvalue weighted by Gasteiger charge is -2.05. The van der Waals surface area contributed by atoms with Crippen LogP contribution < -0.4 is 5.32 Å². The normalized spacial score (nSPS) is 9.94. The molecule has 17 heavy (non-hydrogen) atoms. The van der Waals surface area contributed by atoms with E-state index >= 15 is 0 Å². The molecule has 0 aliphatic heterocycles. The molecule has 0 amide bonds. The fourth-order valence-corrected chi connectivity index (χ4v) is 1.51. The number of hydrogen-bond acceptors (Lipinski definition) is 3. The Kier molecular flexibility index (Phi) is 3.06. The van der Waals surface area contributed by atoms with Gasteiger partial charge in [-0.3, -0.25) is 4.68 Å². The summed E-state index contributed by atoms with van der Waals surface area (Å²) in [7, 11) is 1.81. The second kappa shape index (κ2) is 4.66.